The molecule has 0 aliphatic rings. The van der Waals surface area contributed by atoms with Crippen LogP contribution >= 0.6 is 23.2 Å². The number of pyridine rings is 1. The summed E-state index contributed by atoms with van der Waals surface area (Å²) in [6.45, 7) is 0.247. The molecule has 3 rings (SSSR count). The molecule has 120 valence electrons. The van der Waals surface area contributed by atoms with Crippen LogP contribution in [0.4, 0.5) is 0 Å². The second-order valence-electron chi connectivity index (χ2n) is 5.15. The summed E-state index contributed by atoms with van der Waals surface area (Å²) in [5.41, 5.74) is 0.599. The summed E-state index contributed by atoms with van der Waals surface area (Å²) >= 11 is 12.0. The van der Waals surface area contributed by atoms with Crippen molar-refractivity contribution >= 4 is 28.8 Å². The molecule has 0 radical (unpaired) electrons. The highest BCUT2D eigenvalue weighted by atomic mass is 35.5. The number of aromatic nitrogens is 2. The number of fused-ring (bicyclic) bond motifs is 1. The number of halogens is 2. The van der Waals surface area contributed by atoms with Crippen LogP contribution in [0, 0.1) is 11.3 Å². The Balaban J connectivity index is 2.40. The Labute approximate surface area is 147 Å². The molecule has 0 fully saturated rings. The summed E-state index contributed by atoms with van der Waals surface area (Å²) in [7, 11) is 0. The first-order valence-corrected chi connectivity index (χ1v) is 7.88. The lowest BCUT2D eigenvalue weighted by Crippen LogP contribution is -2.40. The quantitative estimate of drug-likeness (QED) is 0.729. The summed E-state index contributed by atoms with van der Waals surface area (Å²) in [6.07, 6.45) is 1.80. The van der Waals surface area contributed by atoms with Gasteiger partial charge in [-0.25, -0.2) is 4.79 Å². The molecule has 7 heteroatoms. The van der Waals surface area contributed by atoms with Crippen LogP contribution < -0.4 is 10.1 Å². The van der Waals surface area contributed by atoms with Gasteiger partial charge < -0.3 is 5.11 Å². The Morgan fingerprint density at radius 2 is 1.92 bits per heavy atom. The maximum absolute atomic E-state index is 12.8. The summed E-state index contributed by atoms with van der Waals surface area (Å²) in [5, 5.41) is 20.3. The number of benzene rings is 1. The molecule has 5 nitrogen and oxygen atoms in total. The number of nitriles is 1. The predicted octanol–water partition coefficient (Wildman–Crippen LogP) is 3.18. The van der Waals surface area contributed by atoms with Crippen LogP contribution in [0.2, 0.25) is 10.0 Å². The van der Waals surface area contributed by atoms with E-state index in [4.69, 9.17) is 28.5 Å². The van der Waals surface area contributed by atoms with E-state index in [1.807, 2.05) is 6.07 Å². The molecule has 0 saturated heterocycles. The fourth-order valence-electron chi connectivity index (χ4n) is 2.62. The Kier molecular flexibility index (Phi) is 4.43. The maximum Gasteiger partial charge on any atom is 0.354 e. The Morgan fingerprint density at radius 3 is 2.58 bits per heavy atom. The molecule has 0 atom stereocenters. The molecule has 2 aromatic heterocycles. The second-order valence-corrected chi connectivity index (χ2v) is 6.02. The van der Waals surface area contributed by atoms with Crippen molar-refractivity contribution in [1.82, 2.24) is 4.40 Å². The minimum Gasteiger partial charge on any atom is -0.477 e. The molecule has 3 aromatic rings. The SMILES string of the molecule is N#CCC[n+]1c(O)c(-c2cc(Cl)cc(Cl)c2)c(=O)n2ccccc21. The van der Waals surface area contributed by atoms with Crippen LogP contribution in [-0.2, 0) is 6.54 Å². The van der Waals surface area contributed by atoms with E-state index in [-0.39, 0.29) is 24.4 Å². The van der Waals surface area contributed by atoms with E-state index in [1.54, 1.807) is 42.6 Å². The minimum atomic E-state index is -0.394. The lowest BCUT2D eigenvalue weighted by atomic mass is 10.1. The van der Waals surface area contributed by atoms with E-state index in [0.717, 1.165) is 0 Å². The van der Waals surface area contributed by atoms with Crippen molar-refractivity contribution in [3.63, 3.8) is 0 Å². The Bertz CT molecular complexity index is 1020. The topological polar surface area (TPSA) is 69.4 Å². The van der Waals surface area contributed by atoms with E-state index in [1.165, 1.54) is 8.97 Å². The molecule has 2 heterocycles. The maximum atomic E-state index is 12.8. The lowest BCUT2D eigenvalue weighted by Gasteiger charge is -2.09. The summed E-state index contributed by atoms with van der Waals surface area (Å²) < 4.78 is 2.94. The minimum absolute atomic E-state index is 0.0843. The van der Waals surface area contributed by atoms with E-state index in [2.05, 4.69) is 0 Å². The summed E-state index contributed by atoms with van der Waals surface area (Å²) in [5.74, 6) is -0.222. The number of hydrogen-bond acceptors (Lipinski definition) is 3. The zero-order chi connectivity index (χ0) is 17.3. The van der Waals surface area contributed by atoms with Gasteiger partial charge in [0.1, 0.15) is 6.54 Å². The molecule has 0 amide bonds. The number of hydrogen-bond donors (Lipinski definition) is 1. The highest BCUT2D eigenvalue weighted by molar-refractivity contribution is 6.35. The smallest absolute Gasteiger partial charge is 0.354 e. The van der Waals surface area contributed by atoms with Gasteiger partial charge >= 0.3 is 5.56 Å². The Hall–Kier alpha value is -2.55. The van der Waals surface area contributed by atoms with Gasteiger partial charge in [0.05, 0.1) is 18.7 Å². The van der Waals surface area contributed by atoms with Crippen molar-refractivity contribution in [2.45, 2.75) is 13.0 Å². The van der Waals surface area contributed by atoms with Gasteiger partial charge in [0.25, 0.3) is 11.5 Å². The lowest BCUT2D eigenvalue weighted by molar-refractivity contribution is -0.679. The number of nitrogens with zero attached hydrogens (tertiary/aromatic N) is 3. The number of aromatic hydroxyl groups is 1. The van der Waals surface area contributed by atoms with Crippen LogP contribution in [0.5, 0.6) is 5.88 Å². The van der Waals surface area contributed by atoms with Crippen molar-refractivity contribution in [3.8, 4) is 23.1 Å². The van der Waals surface area contributed by atoms with Gasteiger partial charge in [-0.1, -0.05) is 29.3 Å². The van der Waals surface area contributed by atoms with E-state index >= 15 is 0 Å². The van der Waals surface area contributed by atoms with Crippen LogP contribution in [-0.4, -0.2) is 9.51 Å². The first-order chi connectivity index (χ1) is 11.5. The summed E-state index contributed by atoms with van der Waals surface area (Å²) in [6, 6.07) is 11.9. The molecule has 0 saturated carbocycles. The van der Waals surface area contributed by atoms with Gasteiger partial charge in [0, 0.05) is 21.7 Å². The van der Waals surface area contributed by atoms with Gasteiger partial charge in [-0.15, -0.1) is 0 Å². The number of rotatable bonds is 3. The molecule has 1 aromatic carbocycles. The molecule has 24 heavy (non-hydrogen) atoms. The molecule has 0 spiro atoms. The van der Waals surface area contributed by atoms with Crippen LogP contribution in [0.3, 0.4) is 0 Å². The third-order valence-corrected chi connectivity index (χ3v) is 4.06. The third kappa shape index (κ3) is 2.82. The standard InChI is InChI=1S/C17H11Cl2N3O2/c18-12-8-11(9-13(19)10-12)15-16(23)21-6-2-1-4-14(21)22(17(15)24)7-3-5-20/h1-2,4,6,8-10H,3,7H2/p+1. The average molecular weight is 361 g/mol. The van der Waals surface area contributed by atoms with E-state index in [0.29, 0.717) is 21.3 Å². The van der Waals surface area contributed by atoms with Gasteiger partial charge in [0.15, 0.2) is 5.56 Å². The molecule has 0 bridgehead atoms. The fraction of sp³-hybridized carbons (Fsp3) is 0.118. The normalized spacial score (nSPS) is 10.7. The van der Waals surface area contributed by atoms with Crippen LogP contribution in [0.1, 0.15) is 6.42 Å². The van der Waals surface area contributed by atoms with Gasteiger partial charge in [0.2, 0.25) is 0 Å². The van der Waals surface area contributed by atoms with Gasteiger partial charge in [-0.3, -0.25) is 0 Å². The molecular formula is C17H12Cl2N3O2+. The monoisotopic (exact) mass is 360 g/mol. The summed E-state index contributed by atoms with van der Waals surface area (Å²) in [4.78, 5) is 12.8. The highest BCUT2D eigenvalue weighted by Crippen LogP contribution is 2.29. The number of aryl methyl sites for hydroxylation is 1. The van der Waals surface area contributed by atoms with Crippen LogP contribution in [0.25, 0.3) is 16.8 Å². The van der Waals surface area contributed by atoms with E-state index < -0.39 is 5.56 Å². The third-order valence-electron chi connectivity index (χ3n) is 3.63. The molecule has 0 aliphatic heterocycles. The molecule has 0 aliphatic carbocycles. The van der Waals surface area contributed by atoms with Crippen molar-refractivity contribution < 1.29 is 9.67 Å². The highest BCUT2D eigenvalue weighted by Gasteiger charge is 2.25. The first-order valence-electron chi connectivity index (χ1n) is 7.12. The zero-order valence-electron chi connectivity index (χ0n) is 12.4. The van der Waals surface area contributed by atoms with Crippen LogP contribution in [0.15, 0.2) is 47.4 Å². The van der Waals surface area contributed by atoms with Crippen molar-refractivity contribution in [2.24, 2.45) is 0 Å². The Morgan fingerprint density at radius 1 is 1.21 bits per heavy atom. The molecular weight excluding hydrogens is 349 g/mol. The fourth-order valence-corrected chi connectivity index (χ4v) is 3.14. The first kappa shape index (κ1) is 16.3. The van der Waals surface area contributed by atoms with Crippen molar-refractivity contribution in [1.29, 1.82) is 5.26 Å². The van der Waals surface area contributed by atoms with Crippen molar-refractivity contribution in [2.75, 3.05) is 0 Å². The van der Waals surface area contributed by atoms with E-state index in [9.17, 15) is 9.90 Å². The zero-order valence-corrected chi connectivity index (χ0v) is 13.9. The molecule has 0 unspecified atom stereocenters. The second kappa shape index (κ2) is 6.52. The largest absolute Gasteiger partial charge is 0.477 e. The predicted molar refractivity (Wildman–Crippen MR) is 91.2 cm³/mol. The van der Waals surface area contributed by atoms with Gasteiger partial charge in [-0.2, -0.15) is 14.2 Å². The molecule has 1 N–H and O–H groups in total. The van der Waals surface area contributed by atoms with Gasteiger partial charge in [-0.05, 0) is 24.3 Å². The average Bonchev–Trinajstić information content (AvgIpc) is 2.54. The van der Waals surface area contributed by atoms with Crippen molar-refractivity contribution in [3.05, 3.63) is 63.0 Å².